The van der Waals surface area contributed by atoms with Crippen molar-refractivity contribution in [3.8, 4) is 11.1 Å². The summed E-state index contributed by atoms with van der Waals surface area (Å²) in [5.74, 6) is -1.61. The van der Waals surface area contributed by atoms with E-state index in [1.165, 1.54) is 7.11 Å². The summed E-state index contributed by atoms with van der Waals surface area (Å²) in [6, 6.07) is 16.2. The monoisotopic (exact) mass is 482 g/mol. The van der Waals surface area contributed by atoms with Gasteiger partial charge in [-0.2, -0.15) is 0 Å². The number of alkyl carbamates (subject to hydrolysis) is 1. The Morgan fingerprint density at radius 1 is 1.00 bits per heavy atom. The fourth-order valence-electron chi connectivity index (χ4n) is 4.37. The van der Waals surface area contributed by atoms with Crippen LogP contribution in [0, 0.1) is 5.41 Å². The van der Waals surface area contributed by atoms with Crippen molar-refractivity contribution in [2.45, 2.75) is 45.1 Å². The van der Waals surface area contributed by atoms with Gasteiger partial charge in [-0.1, -0.05) is 69.3 Å². The number of carboxylic acid groups (broad SMARTS) is 1. The minimum atomic E-state index is -1.50. The first-order valence-electron chi connectivity index (χ1n) is 11.8. The van der Waals surface area contributed by atoms with Crippen LogP contribution in [0.4, 0.5) is 4.79 Å². The van der Waals surface area contributed by atoms with Crippen LogP contribution in [0.15, 0.2) is 48.5 Å². The van der Waals surface area contributed by atoms with Gasteiger partial charge in [0.1, 0.15) is 6.61 Å². The maximum atomic E-state index is 12.9. The topological polar surface area (TPSA) is 114 Å². The Balaban J connectivity index is 1.53. The third-order valence-electron chi connectivity index (χ3n) is 6.73. The fourth-order valence-corrected chi connectivity index (χ4v) is 4.37. The molecule has 0 fully saturated rings. The lowest BCUT2D eigenvalue weighted by Crippen LogP contribution is -2.60. The van der Waals surface area contributed by atoms with E-state index >= 15 is 0 Å². The average Bonchev–Trinajstić information content (AvgIpc) is 3.15. The van der Waals surface area contributed by atoms with Gasteiger partial charge in [0.2, 0.25) is 5.91 Å². The number of fused-ring (bicyclic) bond motifs is 3. The van der Waals surface area contributed by atoms with Gasteiger partial charge in [-0.05, 0) is 35.1 Å². The molecule has 3 rings (SSSR count). The number of hydrogen-bond acceptors (Lipinski definition) is 5. The normalized spacial score (nSPS) is 14.4. The summed E-state index contributed by atoms with van der Waals surface area (Å²) in [5.41, 5.74) is 2.16. The number of nitrogens with one attached hydrogen (secondary N) is 2. The standard InChI is InChI=1S/C27H34N2O6/c1-5-27(17-34-4,24(31)32)29-23(30)26(2,3)14-15-28-25(33)35-16-22-20-12-8-6-10-18(20)19-11-7-9-13-21(19)22/h6-13,22H,5,14-17H2,1-4H3,(H,28,33)(H,29,30)(H,31,32). The summed E-state index contributed by atoms with van der Waals surface area (Å²) in [6.07, 6.45) is -0.0818. The second kappa shape index (κ2) is 10.9. The molecule has 1 atom stereocenters. The lowest BCUT2D eigenvalue weighted by molar-refractivity contribution is -0.152. The number of aliphatic carboxylic acids is 1. The van der Waals surface area contributed by atoms with Crippen LogP contribution in [0.3, 0.4) is 0 Å². The molecule has 0 saturated heterocycles. The molecule has 3 N–H and O–H groups in total. The Morgan fingerprint density at radius 2 is 1.57 bits per heavy atom. The van der Waals surface area contributed by atoms with E-state index in [1.807, 2.05) is 24.3 Å². The van der Waals surface area contributed by atoms with Gasteiger partial charge in [0.05, 0.1) is 6.61 Å². The van der Waals surface area contributed by atoms with Crippen molar-refractivity contribution >= 4 is 18.0 Å². The van der Waals surface area contributed by atoms with Crippen molar-refractivity contribution in [3.05, 3.63) is 59.7 Å². The van der Waals surface area contributed by atoms with Crippen LogP contribution in [0.25, 0.3) is 11.1 Å². The highest BCUT2D eigenvalue weighted by Crippen LogP contribution is 2.44. The molecule has 2 amide bonds. The molecule has 0 saturated carbocycles. The van der Waals surface area contributed by atoms with Crippen LogP contribution in [-0.4, -0.2) is 55.5 Å². The average molecular weight is 483 g/mol. The van der Waals surface area contributed by atoms with Crippen LogP contribution in [-0.2, 0) is 19.1 Å². The lowest BCUT2D eigenvalue weighted by Gasteiger charge is -2.33. The third-order valence-corrected chi connectivity index (χ3v) is 6.73. The predicted octanol–water partition coefficient (Wildman–Crippen LogP) is 3.94. The van der Waals surface area contributed by atoms with Crippen molar-refractivity contribution in [1.29, 1.82) is 0 Å². The number of hydrogen-bond donors (Lipinski definition) is 3. The lowest BCUT2D eigenvalue weighted by atomic mass is 9.86. The van der Waals surface area contributed by atoms with Gasteiger partial charge in [-0.25, -0.2) is 9.59 Å². The smallest absolute Gasteiger partial charge is 0.407 e. The summed E-state index contributed by atoms with van der Waals surface area (Å²) < 4.78 is 10.6. The summed E-state index contributed by atoms with van der Waals surface area (Å²) in [7, 11) is 1.39. The molecule has 8 heteroatoms. The molecule has 1 aliphatic carbocycles. The molecule has 188 valence electrons. The van der Waals surface area contributed by atoms with Crippen molar-refractivity contribution in [3.63, 3.8) is 0 Å². The zero-order valence-electron chi connectivity index (χ0n) is 20.7. The Labute approximate surface area is 206 Å². The largest absolute Gasteiger partial charge is 0.479 e. The molecular formula is C27H34N2O6. The first-order valence-corrected chi connectivity index (χ1v) is 11.8. The van der Waals surface area contributed by atoms with E-state index < -0.39 is 28.9 Å². The molecule has 8 nitrogen and oxygen atoms in total. The molecule has 35 heavy (non-hydrogen) atoms. The summed E-state index contributed by atoms with van der Waals surface area (Å²) in [4.78, 5) is 37.0. The van der Waals surface area contributed by atoms with E-state index in [9.17, 15) is 19.5 Å². The molecule has 0 heterocycles. The van der Waals surface area contributed by atoms with Crippen LogP contribution in [0.1, 0.15) is 50.7 Å². The molecule has 0 spiro atoms. The number of rotatable bonds is 11. The van der Waals surface area contributed by atoms with Crippen LogP contribution in [0.2, 0.25) is 0 Å². The van der Waals surface area contributed by atoms with Crippen molar-refractivity contribution in [2.24, 2.45) is 5.41 Å². The van der Waals surface area contributed by atoms with Gasteiger partial charge >= 0.3 is 12.1 Å². The van der Waals surface area contributed by atoms with Gasteiger partial charge in [-0.15, -0.1) is 0 Å². The molecule has 1 unspecified atom stereocenters. The first-order chi connectivity index (χ1) is 16.6. The Hall–Kier alpha value is -3.39. The third kappa shape index (κ3) is 5.65. The van der Waals surface area contributed by atoms with Gasteiger partial charge in [0, 0.05) is 25.0 Å². The highest BCUT2D eigenvalue weighted by molar-refractivity contribution is 5.89. The van der Waals surface area contributed by atoms with E-state index in [0.29, 0.717) is 6.42 Å². The molecule has 0 aliphatic heterocycles. The number of ether oxygens (including phenoxy) is 2. The van der Waals surface area contributed by atoms with Crippen molar-refractivity contribution in [1.82, 2.24) is 10.6 Å². The highest BCUT2D eigenvalue weighted by atomic mass is 16.5. The van der Waals surface area contributed by atoms with E-state index in [-0.39, 0.29) is 32.1 Å². The predicted molar refractivity (Wildman–Crippen MR) is 132 cm³/mol. The number of amides is 2. The molecule has 1 aliphatic rings. The van der Waals surface area contributed by atoms with E-state index in [2.05, 4.69) is 34.9 Å². The maximum absolute atomic E-state index is 12.9. The summed E-state index contributed by atoms with van der Waals surface area (Å²) >= 11 is 0. The number of carbonyl (C=O) groups excluding carboxylic acids is 2. The molecule has 2 aromatic carbocycles. The van der Waals surface area contributed by atoms with E-state index in [4.69, 9.17) is 9.47 Å². The van der Waals surface area contributed by atoms with Crippen LogP contribution >= 0.6 is 0 Å². The minimum Gasteiger partial charge on any atom is -0.479 e. The zero-order valence-corrected chi connectivity index (χ0v) is 20.7. The summed E-state index contributed by atoms with van der Waals surface area (Å²) in [6.45, 7) is 5.36. The van der Waals surface area contributed by atoms with E-state index in [1.54, 1.807) is 20.8 Å². The fraction of sp³-hybridized carbons (Fsp3) is 0.444. The zero-order chi connectivity index (χ0) is 25.6. The quantitative estimate of drug-likeness (QED) is 0.447. The minimum absolute atomic E-state index is 0.0330. The number of carbonyl (C=O) groups is 3. The maximum Gasteiger partial charge on any atom is 0.407 e. The van der Waals surface area contributed by atoms with E-state index in [0.717, 1.165) is 22.3 Å². The Kier molecular flexibility index (Phi) is 8.17. The molecule has 2 aromatic rings. The first kappa shape index (κ1) is 26.2. The SMILES string of the molecule is CCC(COC)(NC(=O)C(C)(C)CCNC(=O)OCC1c2ccccc2-c2ccccc21)C(=O)O. The second-order valence-electron chi connectivity index (χ2n) is 9.51. The number of carboxylic acids is 1. The molecular weight excluding hydrogens is 448 g/mol. The van der Waals surface area contributed by atoms with Gasteiger partial charge < -0.3 is 25.2 Å². The van der Waals surface area contributed by atoms with Gasteiger partial charge in [0.25, 0.3) is 0 Å². The second-order valence-corrected chi connectivity index (χ2v) is 9.51. The molecule has 0 radical (unpaired) electrons. The highest BCUT2D eigenvalue weighted by Gasteiger charge is 2.42. The van der Waals surface area contributed by atoms with Crippen molar-refractivity contribution in [2.75, 3.05) is 26.9 Å². The summed E-state index contributed by atoms with van der Waals surface area (Å²) in [5, 5.41) is 15.0. The van der Waals surface area contributed by atoms with Crippen LogP contribution in [0.5, 0.6) is 0 Å². The Bertz CT molecular complexity index is 1040. The molecule has 0 aromatic heterocycles. The number of methoxy groups -OCH3 is 1. The van der Waals surface area contributed by atoms with Crippen molar-refractivity contribution < 1.29 is 29.0 Å². The van der Waals surface area contributed by atoms with Gasteiger partial charge in [0.15, 0.2) is 5.54 Å². The Morgan fingerprint density at radius 3 is 2.09 bits per heavy atom. The number of benzene rings is 2. The molecule has 0 bridgehead atoms. The van der Waals surface area contributed by atoms with Crippen LogP contribution < -0.4 is 10.6 Å². The van der Waals surface area contributed by atoms with Gasteiger partial charge in [-0.3, -0.25) is 4.79 Å².